The summed E-state index contributed by atoms with van der Waals surface area (Å²) < 4.78 is 39.8. The van der Waals surface area contributed by atoms with Crippen LogP contribution in [-0.2, 0) is 10.0 Å². The lowest BCUT2D eigenvalue weighted by molar-refractivity contribution is 0.158. The number of nitrogens with two attached hydrogens (primary N) is 1. The summed E-state index contributed by atoms with van der Waals surface area (Å²) in [4.78, 5) is 2.34. The zero-order valence-electron chi connectivity index (χ0n) is 11.1. The third kappa shape index (κ3) is 2.30. The molecule has 0 spiro atoms. The van der Waals surface area contributed by atoms with Gasteiger partial charge in [0.2, 0.25) is 10.0 Å². The van der Waals surface area contributed by atoms with Gasteiger partial charge in [0, 0.05) is 25.7 Å². The Bertz CT molecular complexity index is 620. The lowest BCUT2D eigenvalue weighted by Gasteiger charge is -2.36. The van der Waals surface area contributed by atoms with Crippen LogP contribution in [-0.4, -0.2) is 49.8 Å². The summed E-state index contributed by atoms with van der Waals surface area (Å²) in [5, 5.41) is 0. The summed E-state index contributed by atoms with van der Waals surface area (Å²) in [6.45, 7) is 2.77. The quantitative estimate of drug-likeness (QED) is 0.823. The van der Waals surface area contributed by atoms with Crippen molar-refractivity contribution in [2.45, 2.75) is 23.8 Å². The highest BCUT2D eigenvalue weighted by molar-refractivity contribution is 7.89. The molecule has 1 aromatic rings. The monoisotopic (exact) mass is 299 g/mol. The fourth-order valence-corrected chi connectivity index (χ4v) is 4.64. The summed E-state index contributed by atoms with van der Waals surface area (Å²) >= 11 is 0. The normalized spacial score (nSPS) is 24.8. The maximum Gasteiger partial charge on any atom is 0.245 e. The first-order chi connectivity index (χ1) is 9.48. The first-order valence-corrected chi connectivity index (χ1v) is 8.22. The number of fused-ring (bicyclic) bond motifs is 1. The van der Waals surface area contributed by atoms with Gasteiger partial charge in [-0.3, -0.25) is 4.90 Å². The van der Waals surface area contributed by atoms with Crippen molar-refractivity contribution in [2.24, 2.45) is 0 Å². The molecule has 0 radical (unpaired) electrons. The average Bonchev–Trinajstić information content (AvgIpc) is 2.85. The van der Waals surface area contributed by atoms with E-state index in [-0.39, 0.29) is 10.6 Å². The average molecular weight is 299 g/mol. The number of rotatable bonds is 2. The van der Waals surface area contributed by atoms with E-state index in [0.29, 0.717) is 19.1 Å². The molecule has 0 saturated carbocycles. The van der Waals surface area contributed by atoms with Gasteiger partial charge in [0.15, 0.2) is 0 Å². The second kappa shape index (κ2) is 4.98. The van der Waals surface area contributed by atoms with Gasteiger partial charge in [-0.15, -0.1) is 0 Å². The van der Waals surface area contributed by atoms with E-state index in [1.54, 1.807) is 0 Å². The van der Waals surface area contributed by atoms with Gasteiger partial charge in [0.05, 0.1) is 5.69 Å². The Morgan fingerprint density at radius 3 is 2.80 bits per heavy atom. The van der Waals surface area contributed by atoms with Crippen molar-refractivity contribution in [1.82, 2.24) is 9.21 Å². The Morgan fingerprint density at radius 1 is 1.25 bits per heavy atom. The fraction of sp³-hybridized carbons (Fsp3) is 0.538. The van der Waals surface area contributed by atoms with E-state index >= 15 is 0 Å². The molecule has 1 unspecified atom stereocenters. The van der Waals surface area contributed by atoms with Crippen LogP contribution >= 0.6 is 0 Å². The van der Waals surface area contributed by atoms with Crippen molar-refractivity contribution >= 4 is 15.7 Å². The number of benzene rings is 1. The topological polar surface area (TPSA) is 66.6 Å². The lowest BCUT2D eigenvalue weighted by Crippen LogP contribution is -2.51. The number of nitrogens with zero attached hydrogens (tertiary/aromatic N) is 2. The van der Waals surface area contributed by atoms with Crippen molar-refractivity contribution in [3.05, 3.63) is 24.0 Å². The van der Waals surface area contributed by atoms with Crippen LogP contribution in [0.4, 0.5) is 10.1 Å². The predicted molar refractivity (Wildman–Crippen MR) is 74.2 cm³/mol. The van der Waals surface area contributed by atoms with Crippen molar-refractivity contribution in [3.63, 3.8) is 0 Å². The van der Waals surface area contributed by atoms with Crippen LogP contribution in [0.5, 0.6) is 0 Å². The Kier molecular flexibility index (Phi) is 3.43. The molecule has 1 aromatic carbocycles. The maximum absolute atomic E-state index is 13.1. The molecule has 2 saturated heterocycles. The van der Waals surface area contributed by atoms with E-state index in [1.165, 1.54) is 10.4 Å². The highest BCUT2D eigenvalue weighted by Crippen LogP contribution is 2.28. The highest BCUT2D eigenvalue weighted by Gasteiger charge is 2.36. The van der Waals surface area contributed by atoms with E-state index in [4.69, 9.17) is 5.73 Å². The molecule has 110 valence electrons. The molecule has 5 nitrogen and oxygen atoms in total. The molecule has 2 N–H and O–H groups in total. The molecule has 2 fully saturated rings. The third-order valence-corrected chi connectivity index (χ3v) is 6.08. The fourth-order valence-electron chi connectivity index (χ4n) is 3.07. The van der Waals surface area contributed by atoms with Crippen LogP contribution in [0.25, 0.3) is 0 Å². The Balaban J connectivity index is 1.88. The van der Waals surface area contributed by atoms with Crippen LogP contribution in [0.2, 0.25) is 0 Å². The van der Waals surface area contributed by atoms with E-state index < -0.39 is 15.8 Å². The summed E-state index contributed by atoms with van der Waals surface area (Å²) in [6.07, 6.45) is 2.15. The number of nitrogen functional groups attached to an aromatic ring is 1. The highest BCUT2D eigenvalue weighted by atomic mass is 32.2. The van der Waals surface area contributed by atoms with E-state index in [0.717, 1.165) is 38.1 Å². The minimum absolute atomic E-state index is 0.00495. The molecule has 7 heteroatoms. The smallest absolute Gasteiger partial charge is 0.245 e. The van der Waals surface area contributed by atoms with E-state index in [9.17, 15) is 12.8 Å². The molecule has 20 heavy (non-hydrogen) atoms. The zero-order valence-corrected chi connectivity index (χ0v) is 11.9. The SMILES string of the molecule is Nc1cc(F)ccc1S(=O)(=O)N1CCN2CCCC2C1. The Morgan fingerprint density at radius 2 is 2.05 bits per heavy atom. The van der Waals surface area contributed by atoms with Crippen molar-refractivity contribution in [3.8, 4) is 0 Å². The summed E-state index contributed by atoms with van der Waals surface area (Å²) in [5.41, 5.74) is 5.64. The number of hydrogen-bond acceptors (Lipinski definition) is 4. The molecule has 3 rings (SSSR count). The molecule has 2 heterocycles. The van der Waals surface area contributed by atoms with Crippen LogP contribution < -0.4 is 5.73 Å². The van der Waals surface area contributed by atoms with Crippen LogP contribution in [0.15, 0.2) is 23.1 Å². The van der Waals surface area contributed by atoms with Crippen molar-refractivity contribution in [2.75, 3.05) is 31.9 Å². The van der Waals surface area contributed by atoms with Gasteiger partial charge >= 0.3 is 0 Å². The molecule has 2 aliphatic rings. The van der Waals surface area contributed by atoms with Crippen LogP contribution in [0, 0.1) is 5.82 Å². The number of sulfonamides is 1. The molecule has 0 bridgehead atoms. The summed E-state index contributed by atoms with van der Waals surface area (Å²) in [6, 6.07) is 3.75. The number of hydrogen-bond donors (Lipinski definition) is 1. The van der Waals surface area contributed by atoms with Crippen molar-refractivity contribution < 1.29 is 12.8 Å². The molecule has 0 amide bonds. The second-order valence-electron chi connectivity index (χ2n) is 5.38. The van der Waals surface area contributed by atoms with E-state index in [1.807, 2.05) is 0 Å². The van der Waals surface area contributed by atoms with Gasteiger partial charge in [-0.05, 0) is 37.6 Å². The minimum Gasteiger partial charge on any atom is -0.398 e. The Hall–Kier alpha value is -1.18. The van der Waals surface area contributed by atoms with Gasteiger partial charge in [0.25, 0.3) is 0 Å². The molecule has 2 aliphatic heterocycles. The van der Waals surface area contributed by atoms with Gasteiger partial charge < -0.3 is 5.73 Å². The molecule has 0 aliphatic carbocycles. The molecule has 1 atom stereocenters. The number of anilines is 1. The lowest BCUT2D eigenvalue weighted by atomic mass is 10.2. The van der Waals surface area contributed by atoms with Crippen LogP contribution in [0.1, 0.15) is 12.8 Å². The first kappa shape index (κ1) is 13.8. The second-order valence-corrected chi connectivity index (χ2v) is 7.28. The number of halogens is 1. The predicted octanol–water partition coefficient (Wildman–Crippen LogP) is 0.877. The Labute approximate surface area is 118 Å². The summed E-state index contributed by atoms with van der Waals surface area (Å²) in [7, 11) is -3.63. The zero-order chi connectivity index (χ0) is 14.3. The van der Waals surface area contributed by atoms with Gasteiger partial charge in [-0.1, -0.05) is 0 Å². The number of piperazine rings is 1. The third-order valence-electron chi connectivity index (χ3n) is 4.14. The largest absolute Gasteiger partial charge is 0.398 e. The minimum atomic E-state index is -3.63. The standard InChI is InChI=1S/C13H18FN3O2S/c14-10-3-4-13(12(15)8-10)20(18,19)17-7-6-16-5-1-2-11(16)9-17/h3-4,8,11H,1-2,5-7,9,15H2. The van der Waals surface area contributed by atoms with Crippen LogP contribution in [0.3, 0.4) is 0 Å². The van der Waals surface area contributed by atoms with Gasteiger partial charge in [-0.2, -0.15) is 4.31 Å². The molecule has 0 aromatic heterocycles. The van der Waals surface area contributed by atoms with Crippen molar-refractivity contribution in [1.29, 1.82) is 0 Å². The molecular formula is C13H18FN3O2S. The first-order valence-electron chi connectivity index (χ1n) is 6.78. The van der Waals surface area contributed by atoms with Gasteiger partial charge in [-0.25, -0.2) is 12.8 Å². The van der Waals surface area contributed by atoms with Gasteiger partial charge in [0.1, 0.15) is 10.7 Å². The van der Waals surface area contributed by atoms with E-state index in [2.05, 4.69) is 4.90 Å². The summed E-state index contributed by atoms with van der Waals surface area (Å²) in [5.74, 6) is -0.526. The maximum atomic E-state index is 13.1. The molecular weight excluding hydrogens is 281 g/mol.